The van der Waals surface area contributed by atoms with Gasteiger partial charge in [0.05, 0.1) is 17.7 Å². The molecule has 3 rings (SSSR count). The number of rotatable bonds is 2. The summed E-state index contributed by atoms with van der Waals surface area (Å²) >= 11 is 0. The average Bonchev–Trinajstić information content (AvgIpc) is 2.75. The number of aliphatic hydroxyl groups is 1. The minimum atomic E-state index is -0.741. The smallest absolute Gasteiger partial charge is 0.151 e. The lowest BCUT2D eigenvalue weighted by atomic mass is 9.94. The van der Waals surface area contributed by atoms with Gasteiger partial charge in [0.2, 0.25) is 0 Å². The maximum absolute atomic E-state index is 10.8. The number of nitrogens with zero attached hydrogens (tertiary/aromatic N) is 3. The van der Waals surface area contributed by atoms with Crippen molar-refractivity contribution < 1.29 is 9.84 Å². The minimum absolute atomic E-state index is 0.453. The molecule has 0 aliphatic carbocycles. The highest BCUT2D eigenvalue weighted by Gasteiger charge is 2.32. The molecule has 6 heteroatoms. The van der Waals surface area contributed by atoms with E-state index < -0.39 is 5.60 Å². The lowest BCUT2D eigenvalue weighted by molar-refractivity contribution is -0.0725. The van der Waals surface area contributed by atoms with Crippen LogP contribution in [-0.4, -0.2) is 38.5 Å². The number of fused-ring (bicyclic) bond motifs is 1. The monoisotopic (exact) mass is 290 g/mol. The number of hydrogen-bond acceptors (Lipinski definition) is 5. The fraction of sp³-hybridized carbons (Fsp3) is 0.600. The zero-order valence-electron chi connectivity index (χ0n) is 12.8. The van der Waals surface area contributed by atoms with Crippen molar-refractivity contribution >= 4 is 16.9 Å². The molecule has 0 bridgehead atoms. The van der Waals surface area contributed by atoms with Gasteiger partial charge in [-0.2, -0.15) is 0 Å². The Kier molecular flexibility index (Phi) is 3.37. The third-order valence-electron chi connectivity index (χ3n) is 4.46. The van der Waals surface area contributed by atoms with Crippen molar-refractivity contribution in [3.63, 3.8) is 0 Å². The molecule has 0 atom stereocenters. The summed E-state index contributed by atoms with van der Waals surface area (Å²) in [6, 6.07) is 0. The van der Waals surface area contributed by atoms with Crippen LogP contribution < -0.4 is 5.73 Å². The third-order valence-corrected chi connectivity index (χ3v) is 4.46. The molecule has 2 aromatic rings. The van der Waals surface area contributed by atoms with Gasteiger partial charge in [-0.15, -0.1) is 0 Å². The predicted octanol–water partition coefficient (Wildman–Crippen LogP) is 1.48. The van der Waals surface area contributed by atoms with Crippen molar-refractivity contribution in [3.05, 3.63) is 17.1 Å². The lowest BCUT2D eigenvalue weighted by Gasteiger charge is -2.33. The van der Waals surface area contributed by atoms with E-state index in [1.807, 2.05) is 20.8 Å². The van der Waals surface area contributed by atoms with Crippen molar-refractivity contribution in [2.75, 3.05) is 18.9 Å². The van der Waals surface area contributed by atoms with E-state index in [4.69, 9.17) is 10.5 Å². The van der Waals surface area contributed by atoms with Gasteiger partial charge in [-0.3, -0.25) is 0 Å². The SMILES string of the molecule is Cc1nc(N)c2nc(C)n(CC3(O)CCOCC3)c2c1C. The van der Waals surface area contributed by atoms with E-state index in [1.54, 1.807) is 0 Å². The first-order valence-electron chi connectivity index (χ1n) is 7.31. The lowest BCUT2D eigenvalue weighted by Crippen LogP contribution is -2.40. The predicted molar refractivity (Wildman–Crippen MR) is 81.2 cm³/mol. The van der Waals surface area contributed by atoms with Crippen LogP contribution >= 0.6 is 0 Å². The van der Waals surface area contributed by atoms with Crippen LogP contribution in [0, 0.1) is 20.8 Å². The molecule has 1 aliphatic rings. The van der Waals surface area contributed by atoms with Gasteiger partial charge in [0.15, 0.2) is 5.82 Å². The number of aromatic nitrogens is 3. The van der Waals surface area contributed by atoms with Crippen LogP contribution in [0.5, 0.6) is 0 Å². The molecule has 1 saturated heterocycles. The Morgan fingerprint density at radius 3 is 2.57 bits per heavy atom. The molecule has 0 spiro atoms. The van der Waals surface area contributed by atoms with Crippen molar-refractivity contribution in [1.29, 1.82) is 0 Å². The largest absolute Gasteiger partial charge is 0.388 e. The summed E-state index contributed by atoms with van der Waals surface area (Å²) in [5.74, 6) is 1.31. The first-order valence-corrected chi connectivity index (χ1v) is 7.31. The molecule has 114 valence electrons. The van der Waals surface area contributed by atoms with Gasteiger partial charge in [0.1, 0.15) is 11.3 Å². The van der Waals surface area contributed by atoms with Crippen molar-refractivity contribution in [2.24, 2.45) is 0 Å². The number of hydrogen-bond donors (Lipinski definition) is 2. The second-order valence-corrected chi connectivity index (χ2v) is 5.99. The Labute approximate surface area is 123 Å². The molecular weight excluding hydrogens is 268 g/mol. The van der Waals surface area contributed by atoms with E-state index in [0.29, 0.717) is 38.4 Å². The summed E-state index contributed by atoms with van der Waals surface area (Å²) in [7, 11) is 0. The van der Waals surface area contributed by atoms with E-state index in [9.17, 15) is 5.11 Å². The highest BCUT2D eigenvalue weighted by atomic mass is 16.5. The molecule has 0 unspecified atom stereocenters. The summed E-state index contributed by atoms with van der Waals surface area (Å²) in [5, 5.41) is 10.8. The fourth-order valence-corrected chi connectivity index (χ4v) is 3.01. The Morgan fingerprint density at radius 2 is 1.90 bits per heavy atom. The highest BCUT2D eigenvalue weighted by molar-refractivity contribution is 5.88. The number of aryl methyl sites for hydroxylation is 3. The topological polar surface area (TPSA) is 86.2 Å². The van der Waals surface area contributed by atoms with E-state index in [1.165, 1.54) is 0 Å². The van der Waals surface area contributed by atoms with Crippen LogP contribution in [0.2, 0.25) is 0 Å². The zero-order chi connectivity index (χ0) is 15.2. The fourth-order valence-electron chi connectivity index (χ4n) is 3.01. The number of ether oxygens (including phenoxy) is 1. The van der Waals surface area contributed by atoms with Crippen LogP contribution in [0.25, 0.3) is 11.0 Å². The zero-order valence-corrected chi connectivity index (χ0v) is 12.8. The molecule has 0 amide bonds. The molecule has 1 fully saturated rings. The van der Waals surface area contributed by atoms with Crippen LogP contribution in [0.15, 0.2) is 0 Å². The van der Waals surface area contributed by atoms with Crippen molar-refractivity contribution in [2.45, 2.75) is 45.8 Å². The second kappa shape index (κ2) is 4.96. The number of nitrogen functional groups attached to an aromatic ring is 1. The van der Waals surface area contributed by atoms with E-state index >= 15 is 0 Å². The summed E-state index contributed by atoms with van der Waals surface area (Å²) in [6.45, 7) is 7.63. The Morgan fingerprint density at radius 1 is 1.24 bits per heavy atom. The van der Waals surface area contributed by atoms with E-state index in [2.05, 4.69) is 14.5 Å². The molecule has 3 heterocycles. The first-order chi connectivity index (χ1) is 9.91. The van der Waals surface area contributed by atoms with Crippen LogP contribution in [0.3, 0.4) is 0 Å². The minimum Gasteiger partial charge on any atom is -0.388 e. The second-order valence-electron chi connectivity index (χ2n) is 5.99. The standard InChI is InChI=1S/C15H22N4O2/c1-9-10(2)17-14(16)12-13(9)19(11(3)18-12)8-15(20)4-6-21-7-5-15/h20H,4-8H2,1-3H3,(H2,16,17). The van der Waals surface area contributed by atoms with Gasteiger partial charge in [0.25, 0.3) is 0 Å². The Hall–Kier alpha value is -1.66. The molecule has 3 N–H and O–H groups in total. The molecule has 21 heavy (non-hydrogen) atoms. The first kappa shape index (κ1) is 14.3. The molecule has 2 aromatic heterocycles. The van der Waals surface area contributed by atoms with Gasteiger partial charge >= 0.3 is 0 Å². The molecule has 6 nitrogen and oxygen atoms in total. The van der Waals surface area contributed by atoms with Gasteiger partial charge < -0.3 is 20.1 Å². The maximum atomic E-state index is 10.8. The highest BCUT2D eigenvalue weighted by Crippen LogP contribution is 2.29. The van der Waals surface area contributed by atoms with E-state index in [0.717, 1.165) is 28.1 Å². The Bertz CT molecular complexity index is 687. The molecule has 0 radical (unpaired) electrons. The quantitative estimate of drug-likeness (QED) is 0.875. The van der Waals surface area contributed by atoms with Gasteiger partial charge in [0, 0.05) is 31.7 Å². The van der Waals surface area contributed by atoms with Crippen molar-refractivity contribution in [3.8, 4) is 0 Å². The van der Waals surface area contributed by atoms with Crippen LogP contribution in [0.1, 0.15) is 29.9 Å². The number of nitrogens with two attached hydrogens (primary N) is 1. The molecular formula is C15H22N4O2. The third kappa shape index (κ3) is 2.38. The van der Waals surface area contributed by atoms with Crippen molar-refractivity contribution in [1.82, 2.24) is 14.5 Å². The molecule has 1 aliphatic heterocycles. The van der Waals surface area contributed by atoms with Crippen LogP contribution in [0.4, 0.5) is 5.82 Å². The van der Waals surface area contributed by atoms with Gasteiger partial charge in [-0.25, -0.2) is 9.97 Å². The number of anilines is 1. The summed E-state index contributed by atoms with van der Waals surface area (Å²) in [4.78, 5) is 8.88. The van der Waals surface area contributed by atoms with Gasteiger partial charge in [-0.05, 0) is 26.3 Å². The molecule has 0 aromatic carbocycles. The number of pyridine rings is 1. The summed E-state index contributed by atoms with van der Waals surface area (Å²) in [5.41, 5.74) is 8.94. The van der Waals surface area contributed by atoms with E-state index in [-0.39, 0.29) is 0 Å². The Balaban J connectivity index is 2.12. The molecule has 0 saturated carbocycles. The summed E-state index contributed by atoms with van der Waals surface area (Å²) < 4.78 is 7.42. The maximum Gasteiger partial charge on any atom is 0.151 e. The number of imidazole rings is 1. The van der Waals surface area contributed by atoms with Crippen LogP contribution in [-0.2, 0) is 11.3 Å². The normalized spacial score (nSPS) is 18.3. The average molecular weight is 290 g/mol. The summed E-state index contributed by atoms with van der Waals surface area (Å²) in [6.07, 6.45) is 1.29. The van der Waals surface area contributed by atoms with Gasteiger partial charge in [-0.1, -0.05) is 0 Å².